The molecule has 0 radical (unpaired) electrons. The van der Waals surface area contributed by atoms with Gasteiger partial charge in [0.05, 0.1) is 18.7 Å². The Morgan fingerprint density at radius 2 is 1.39 bits per heavy atom. The number of hydrogen-bond acceptors (Lipinski definition) is 5. The number of carbonyl (C=O) groups excluding carboxylic acids is 1. The fourth-order valence-corrected chi connectivity index (χ4v) is 4.16. The first kappa shape index (κ1) is 21.0. The van der Waals surface area contributed by atoms with E-state index in [4.69, 9.17) is 0 Å². The highest BCUT2D eigenvalue weighted by Crippen LogP contribution is 2.20. The Hall–Kier alpha value is -3.84. The number of hydrogen-bond donors (Lipinski definition) is 0. The van der Waals surface area contributed by atoms with Crippen molar-refractivity contribution in [3.63, 3.8) is 0 Å². The molecule has 7 nitrogen and oxygen atoms in total. The van der Waals surface area contributed by atoms with E-state index in [9.17, 15) is 4.79 Å². The summed E-state index contributed by atoms with van der Waals surface area (Å²) in [5.74, 6) is 0.982. The molecular weight excluding hydrogens is 412 g/mol. The molecule has 0 N–H and O–H groups in total. The molecule has 1 saturated heterocycles. The zero-order valence-corrected chi connectivity index (χ0v) is 18.4. The molecule has 4 aromatic rings. The van der Waals surface area contributed by atoms with Crippen LogP contribution in [0.3, 0.4) is 0 Å². The Balaban J connectivity index is 1.14. The van der Waals surface area contributed by atoms with Gasteiger partial charge in [-0.05, 0) is 39.2 Å². The molecule has 0 spiro atoms. The summed E-state index contributed by atoms with van der Waals surface area (Å²) in [6.45, 7) is 3.70. The highest BCUT2D eigenvalue weighted by Gasteiger charge is 2.23. The maximum Gasteiger partial charge on any atom is 0.227 e. The van der Waals surface area contributed by atoms with E-state index in [0.717, 1.165) is 30.2 Å². The summed E-state index contributed by atoms with van der Waals surface area (Å²) < 4.78 is 1.77. The second-order valence-electron chi connectivity index (χ2n) is 8.24. The lowest BCUT2D eigenvalue weighted by atomic mass is 10.0. The van der Waals surface area contributed by atoms with Crippen LogP contribution in [0, 0.1) is 0 Å². The molecule has 33 heavy (non-hydrogen) atoms. The van der Waals surface area contributed by atoms with Gasteiger partial charge in [-0.25, -0.2) is 0 Å². The number of aromatic nitrogens is 4. The lowest BCUT2D eigenvalue weighted by Crippen LogP contribution is -2.48. The molecule has 0 aliphatic carbocycles. The van der Waals surface area contributed by atoms with Gasteiger partial charge in [-0.15, -0.1) is 5.10 Å². The number of piperazine rings is 1. The molecule has 2 heterocycles. The van der Waals surface area contributed by atoms with Crippen LogP contribution in [0.2, 0.25) is 0 Å². The standard InChI is InChI=1S/C26H26N6O/c33-26(19-21-11-13-23(14-12-21)22-7-3-1-4-8-22)31-17-15-30(16-18-31)20-25-27-28-29-32(25)24-9-5-2-6-10-24/h1-14H,15-20H2. The van der Waals surface area contributed by atoms with Crippen LogP contribution in [0.15, 0.2) is 84.9 Å². The van der Waals surface area contributed by atoms with Crippen LogP contribution in [0.25, 0.3) is 16.8 Å². The van der Waals surface area contributed by atoms with E-state index in [-0.39, 0.29) is 5.91 Å². The molecule has 1 aliphatic rings. The van der Waals surface area contributed by atoms with Crippen molar-refractivity contribution >= 4 is 5.91 Å². The van der Waals surface area contributed by atoms with E-state index in [2.05, 4.69) is 56.8 Å². The van der Waals surface area contributed by atoms with Crippen LogP contribution in [0.5, 0.6) is 0 Å². The summed E-state index contributed by atoms with van der Waals surface area (Å²) in [5.41, 5.74) is 4.34. The quantitative estimate of drug-likeness (QED) is 0.462. The van der Waals surface area contributed by atoms with Crippen molar-refractivity contribution in [2.75, 3.05) is 26.2 Å². The van der Waals surface area contributed by atoms with Gasteiger partial charge >= 0.3 is 0 Å². The van der Waals surface area contributed by atoms with Gasteiger partial charge in [-0.3, -0.25) is 9.69 Å². The number of carbonyl (C=O) groups is 1. The molecule has 1 fully saturated rings. The smallest absolute Gasteiger partial charge is 0.227 e. The fourth-order valence-electron chi connectivity index (χ4n) is 4.16. The second kappa shape index (κ2) is 9.75. The maximum absolute atomic E-state index is 12.9. The van der Waals surface area contributed by atoms with Gasteiger partial charge in [0.25, 0.3) is 0 Å². The normalized spacial score (nSPS) is 14.4. The van der Waals surface area contributed by atoms with E-state index < -0.39 is 0 Å². The van der Waals surface area contributed by atoms with E-state index in [1.54, 1.807) is 4.68 Å². The van der Waals surface area contributed by atoms with Gasteiger partial charge in [0.2, 0.25) is 5.91 Å². The summed E-state index contributed by atoms with van der Waals surface area (Å²) in [7, 11) is 0. The predicted molar refractivity (Wildman–Crippen MR) is 127 cm³/mol. The molecule has 0 atom stereocenters. The lowest BCUT2D eigenvalue weighted by molar-refractivity contribution is -0.132. The predicted octanol–water partition coefficient (Wildman–Crippen LogP) is 3.22. The Labute approximate surface area is 193 Å². The maximum atomic E-state index is 12.9. The van der Waals surface area contributed by atoms with Gasteiger partial charge in [-0.1, -0.05) is 72.8 Å². The number of rotatable bonds is 6. The average Bonchev–Trinajstić information content (AvgIpc) is 3.34. The topological polar surface area (TPSA) is 67.2 Å². The van der Waals surface area contributed by atoms with Crippen molar-refractivity contribution in [2.45, 2.75) is 13.0 Å². The molecule has 1 aromatic heterocycles. The molecule has 5 rings (SSSR count). The Morgan fingerprint density at radius 1 is 0.758 bits per heavy atom. The molecule has 3 aromatic carbocycles. The first-order valence-electron chi connectivity index (χ1n) is 11.2. The van der Waals surface area contributed by atoms with Crippen LogP contribution in [-0.4, -0.2) is 62.1 Å². The molecule has 1 aliphatic heterocycles. The third-order valence-electron chi connectivity index (χ3n) is 6.04. The summed E-state index contributed by atoms with van der Waals surface area (Å²) in [4.78, 5) is 17.1. The zero-order valence-electron chi connectivity index (χ0n) is 18.4. The van der Waals surface area contributed by atoms with Gasteiger partial charge in [-0.2, -0.15) is 4.68 Å². The van der Waals surface area contributed by atoms with Crippen LogP contribution in [0.4, 0.5) is 0 Å². The first-order valence-corrected chi connectivity index (χ1v) is 11.2. The van der Waals surface area contributed by atoms with E-state index in [0.29, 0.717) is 26.1 Å². The van der Waals surface area contributed by atoms with Gasteiger partial charge in [0.1, 0.15) is 0 Å². The number of tetrazole rings is 1. The van der Waals surface area contributed by atoms with Gasteiger partial charge in [0.15, 0.2) is 5.82 Å². The molecule has 1 amide bonds. The summed E-state index contributed by atoms with van der Waals surface area (Å²) >= 11 is 0. The van der Waals surface area contributed by atoms with E-state index in [1.165, 1.54) is 11.1 Å². The highest BCUT2D eigenvalue weighted by atomic mass is 16.2. The third kappa shape index (κ3) is 4.99. The molecule has 0 bridgehead atoms. The molecule has 7 heteroatoms. The number of amides is 1. The summed E-state index contributed by atoms with van der Waals surface area (Å²) in [6, 6.07) is 28.5. The Bertz CT molecular complexity index is 1180. The van der Waals surface area contributed by atoms with Gasteiger partial charge < -0.3 is 4.90 Å². The molecular formula is C26H26N6O. The largest absolute Gasteiger partial charge is 0.340 e. The third-order valence-corrected chi connectivity index (χ3v) is 6.04. The minimum Gasteiger partial charge on any atom is -0.340 e. The van der Waals surface area contributed by atoms with Gasteiger partial charge in [0, 0.05) is 26.2 Å². The van der Waals surface area contributed by atoms with Crippen molar-refractivity contribution in [2.24, 2.45) is 0 Å². The van der Waals surface area contributed by atoms with Crippen molar-refractivity contribution in [1.82, 2.24) is 30.0 Å². The SMILES string of the molecule is O=C(Cc1ccc(-c2ccccc2)cc1)N1CCN(Cc2nnnn2-c2ccccc2)CC1. The van der Waals surface area contributed by atoms with Crippen molar-refractivity contribution in [1.29, 1.82) is 0 Å². The molecule has 166 valence electrons. The summed E-state index contributed by atoms with van der Waals surface area (Å²) in [6.07, 6.45) is 0.432. The first-order chi connectivity index (χ1) is 16.3. The van der Waals surface area contributed by atoms with E-state index in [1.807, 2.05) is 53.4 Å². The van der Waals surface area contributed by atoms with E-state index >= 15 is 0 Å². The van der Waals surface area contributed by atoms with Crippen molar-refractivity contribution in [3.8, 4) is 16.8 Å². The van der Waals surface area contributed by atoms with Crippen molar-refractivity contribution in [3.05, 3.63) is 96.3 Å². The second-order valence-corrected chi connectivity index (χ2v) is 8.24. The Morgan fingerprint density at radius 3 is 2.09 bits per heavy atom. The number of benzene rings is 3. The minimum absolute atomic E-state index is 0.177. The average molecular weight is 439 g/mol. The molecule has 0 unspecified atom stereocenters. The minimum atomic E-state index is 0.177. The zero-order chi connectivity index (χ0) is 22.5. The fraction of sp³-hybridized carbons (Fsp3) is 0.231. The number of para-hydroxylation sites is 1. The van der Waals surface area contributed by atoms with Crippen LogP contribution < -0.4 is 0 Å². The summed E-state index contributed by atoms with van der Waals surface area (Å²) in [5, 5.41) is 12.2. The van der Waals surface area contributed by atoms with Crippen molar-refractivity contribution < 1.29 is 4.79 Å². The van der Waals surface area contributed by atoms with Crippen LogP contribution in [-0.2, 0) is 17.8 Å². The van der Waals surface area contributed by atoms with Crippen LogP contribution in [0.1, 0.15) is 11.4 Å². The number of nitrogens with zero attached hydrogens (tertiary/aromatic N) is 6. The monoisotopic (exact) mass is 438 g/mol. The molecule has 0 saturated carbocycles. The van der Waals surface area contributed by atoms with Crippen LogP contribution >= 0.6 is 0 Å². The Kier molecular flexibility index (Phi) is 6.21. The lowest BCUT2D eigenvalue weighted by Gasteiger charge is -2.34. The highest BCUT2D eigenvalue weighted by molar-refractivity contribution is 5.79.